The molecule has 2 rings (SSSR count). The molecule has 1 aliphatic rings. The standard InChI is InChI=1S/C15H21ClN2S/c1-18(12-6-4-2-3-5-7-12)14-10-11(16)8-9-13(14)15(17)19/h8-10,12H,2-7H2,1H3,(H2,17,19). The highest BCUT2D eigenvalue weighted by Crippen LogP contribution is 2.30. The van der Waals surface area contributed by atoms with Crippen LogP contribution in [0.25, 0.3) is 0 Å². The van der Waals surface area contributed by atoms with Crippen molar-refractivity contribution in [3.63, 3.8) is 0 Å². The fourth-order valence-corrected chi connectivity index (χ4v) is 3.19. The van der Waals surface area contributed by atoms with E-state index < -0.39 is 0 Å². The number of anilines is 1. The molecule has 104 valence electrons. The molecule has 1 saturated carbocycles. The quantitative estimate of drug-likeness (QED) is 0.671. The summed E-state index contributed by atoms with van der Waals surface area (Å²) in [7, 11) is 2.13. The predicted molar refractivity (Wildman–Crippen MR) is 87.2 cm³/mol. The van der Waals surface area contributed by atoms with Gasteiger partial charge in [-0.15, -0.1) is 0 Å². The first-order chi connectivity index (χ1) is 9.09. The van der Waals surface area contributed by atoms with Gasteiger partial charge >= 0.3 is 0 Å². The van der Waals surface area contributed by atoms with Gasteiger partial charge in [0.15, 0.2) is 0 Å². The summed E-state index contributed by atoms with van der Waals surface area (Å²) in [5.74, 6) is 0. The molecular weight excluding hydrogens is 276 g/mol. The number of hydrogen-bond donors (Lipinski definition) is 1. The number of thiocarbonyl (C=S) groups is 1. The van der Waals surface area contributed by atoms with Crippen molar-refractivity contribution >= 4 is 34.5 Å². The zero-order chi connectivity index (χ0) is 13.8. The lowest BCUT2D eigenvalue weighted by atomic mass is 10.0. The average Bonchev–Trinajstić information content (AvgIpc) is 2.66. The molecular formula is C15H21ClN2S. The van der Waals surface area contributed by atoms with Crippen LogP contribution in [0.5, 0.6) is 0 Å². The summed E-state index contributed by atoms with van der Waals surface area (Å²) in [5, 5.41) is 0.732. The van der Waals surface area contributed by atoms with E-state index in [0.29, 0.717) is 11.0 Å². The first-order valence-corrected chi connectivity index (χ1v) is 7.70. The van der Waals surface area contributed by atoms with E-state index in [1.807, 2.05) is 18.2 Å². The van der Waals surface area contributed by atoms with E-state index in [-0.39, 0.29) is 0 Å². The largest absolute Gasteiger partial charge is 0.389 e. The molecule has 0 radical (unpaired) electrons. The summed E-state index contributed by atoms with van der Waals surface area (Å²) in [6, 6.07) is 6.31. The second-order valence-electron chi connectivity index (χ2n) is 5.28. The number of nitrogens with two attached hydrogens (primary N) is 1. The van der Waals surface area contributed by atoms with Crippen LogP contribution in [-0.4, -0.2) is 18.1 Å². The van der Waals surface area contributed by atoms with Gasteiger partial charge in [0.05, 0.1) is 0 Å². The highest BCUT2D eigenvalue weighted by Gasteiger charge is 2.20. The Morgan fingerprint density at radius 1 is 1.26 bits per heavy atom. The van der Waals surface area contributed by atoms with Crippen LogP contribution in [0.1, 0.15) is 44.1 Å². The topological polar surface area (TPSA) is 29.3 Å². The summed E-state index contributed by atoms with van der Waals surface area (Å²) in [6.45, 7) is 0. The third-order valence-electron chi connectivity index (χ3n) is 3.98. The maximum atomic E-state index is 6.13. The molecule has 0 bridgehead atoms. The van der Waals surface area contributed by atoms with E-state index in [2.05, 4.69) is 11.9 Å². The van der Waals surface area contributed by atoms with E-state index in [1.54, 1.807) is 0 Å². The lowest BCUT2D eigenvalue weighted by Crippen LogP contribution is -2.32. The Labute approximate surface area is 125 Å². The zero-order valence-electron chi connectivity index (χ0n) is 11.4. The normalized spacial score (nSPS) is 16.9. The lowest BCUT2D eigenvalue weighted by Gasteiger charge is -2.31. The van der Waals surface area contributed by atoms with Crippen molar-refractivity contribution in [2.75, 3.05) is 11.9 Å². The molecule has 1 aromatic rings. The van der Waals surface area contributed by atoms with Gasteiger partial charge in [-0.25, -0.2) is 0 Å². The third kappa shape index (κ3) is 3.61. The number of benzene rings is 1. The molecule has 19 heavy (non-hydrogen) atoms. The molecule has 0 spiro atoms. The van der Waals surface area contributed by atoms with E-state index >= 15 is 0 Å². The fourth-order valence-electron chi connectivity index (χ4n) is 2.85. The summed E-state index contributed by atoms with van der Waals surface area (Å²) in [6.07, 6.45) is 7.78. The average molecular weight is 297 g/mol. The minimum absolute atomic E-state index is 0.437. The summed E-state index contributed by atoms with van der Waals surface area (Å²) in [4.78, 5) is 2.75. The van der Waals surface area contributed by atoms with Gasteiger partial charge in [-0.1, -0.05) is 49.5 Å². The zero-order valence-corrected chi connectivity index (χ0v) is 12.9. The van der Waals surface area contributed by atoms with Gasteiger partial charge in [0, 0.05) is 29.4 Å². The van der Waals surface area contributed by atoms with Crippen molar-refractivity contribution < 1.29 is 0 Å². The Balaban J connectivity index is 2.28. The Morgan fingerprint density at radius 3 is 2.47 bits per heavy atom. The first-order valence-electron chi connectivity index (χ1n) is 6.92. The van der Waals surface area contributed by atoms with Crippen LogP contribution < -0.4 is 10.6 Å². The van der Waals surface area contributed by atoms with Crippen molar-refractivity contribution in [1.29, 1.82) is 0 Å². The van der Waals surface area contributed by atoms with Crippen molar-refractivity contribution in [3.05, 3.63) is 28.8 Å². The number of rotatable bonds is 3. The predicted octanol–water partition coefficient (Wildman–Crippen LogP) is 4.13. The van der Waals surface area contributed by atoms with Gasteiger partial charge in [0.2, 0.25) is 0 Å². The summed E-state index contributed by atoms with van der Waals surface area (Å²) < 4.78 is 0. The molecule has 0 heterocycles. The lowest BCUT2D eigenvalue weighted by molar-refractivity contribution is 0.553. The van der Waals surface area contributed by atoms with Gasteiger partial charge in [0.1, 0.15) is 4.99 Å². The molecule has 2 N–H and O–H groups in total. The first kappa shape index (κ1) is 14.6. The minimum Gasteiger partial charge on any atom is -0.389 e. The van der Waals surface area contributed by atoms with Crippen LogP contribution in [0.15, 0.2) is 18.2 Å². The van der Waals surface area contributed by atoms with Crippen molar-refractivity contribution in [2.24, 2.45) is 5.73 Å². The molecule has 0 atom stereocenters. The molecule has 0 saturated heterocycles. The summed E-state index contributed by atoms with van der Waals surface area (Å²) >= 11 is 11.3. The van der Waals surface area contributed by atoms with E-state index in [1.165, 1.54) is 38.5 Å². The molecule has 0 unspecified atom stereocenters. The van der Waals surface area contributed by atoms with Gasteiger partial charge in [-0.05, 0) is 31.0 Å². The van der Waals surface area contributed by atoms with Crippen LogP contribution >= 0.6 is 23.8 Å². The van der Waals surface area contributed by atoms with E-state index in [4.69, 9.17) is 29.6 Å². The second-order valence-corrected chi connectivity index (χ2v) is 6.16. The van der Waals surface area contributed by atoms with Crippen molar-refractivity contribution in [1.82, 2.24) is 0 Å². The van der Waals surface area contributed by atoms with E-state index in [9.17, 15) is 0 Å². The Kier molecular flexibility index (Phi) is 5.06. The Morgan fingerprint density at radius 2 is 1.89 bits per heavy atom. The highest BCUT2D eigenvalue weighted by molar-refractivity contribution is 7.80. The van der Waals surface area contributed by atoms with Crippen molar-refractivity contribution in [2.45, 2.75) is 44.6 Å². The molecule has 0 aromatic heterocycles. The summed E-state index contributed by atoms with van der Waals surface area (Å²) in [5.41, 5.74) is 7.81. The van der Waals surface area contributed by atoms with Gasteiger partial charge in [-0.2, -0.15) is 0 Å². The molecule has 1 aromatic carbocycles. The van der Waals surface area contributed by atoms with Crippen molar-refractivity contribution in [3.8, 4) is 0 Å². The monoisotopic (exact) mass is 296 g/mol. The van der Waals surface area contributed by atoms with Gasteiger partial charge < -0.3 is 10.6 Å². The molecule has 4 heteroatoms. The highest BCUT2D eigenvalue weighted by atomic mass is 35.5. The maximum absolute atomic E-state index is 6.13. The molecule has 1 fully saturated rings. The number of halogens is 1. The smallest absolute Gasteiger partial charge is 0.106 e. The second kappa shape index (κ2) is 6.58. The van der Waals surface area contributed by atoms with Crippen LogP contribution in [0, 0.1) is 0 Å². The number of hydrogen-bond acceptors (Lipinski definition) is 2. The van der Waals surface area contributed by atoms with Crippen LogP contribution in [-0.2, 0) is 0 Å². The maximum Gasteiger partial charge on any atom is 0.106 e. The van der Waals surface area contributed by atoms with Crippen LogP contribution in [0.2, 0.25) is 5.02 Å². The fraction of sp³-hybridized carbons (Fsp3) is 0.533. The number of nitrogens with zero attached hydrogens (tertiary/aromatic N) is 1. The van der Waals surface area contributed by atoms with E-state index in [0.717, 1.165) is 16.3 Å². The SMILES string of the molecule is CN(c1cc(Cl)ccc1C(N)=S)C1CCCCCC1. The molecule has 0 amide bonds. The Bertz CT molecular complexity index is 453. The molecule has 2 nitrogen and oxygen atoms in total. The molecule has 0 aliphatic heterocycles. The van der Waals surface area contributed by atoms with Gasteiger partial charge in [-0.3, -0.25) is 0 Å². The molecule has 1 aliphatic carbocycles. The van der Waals surface area contributed by atoms with Gasteiger partial charge in [0.25, 0.3) is 0 Å². The third-order valence-corrected chi connectivity index (χ3v) is 4.43. The Hall–Kier alpha value is -0.800. The van der Waals surface area contributed by atoms with Crippen LogP contribution in [0.3, 0.4) is 0 Å². The van der Waals surface area contributed by atoms with Crippen LogP contribution in [0.4, 0.5) is 5.69 Å². The minimum atomic E-state index is 0.437.